The fourth-order valence-electron chi connectivity index (χ4n) is 3.96. The number of nitrogens with zero attached hydrogens (tertiary/aromatic N) is 2. The van der Waals surface area contributed by atoms with Gasteiger partial charge in [-0.15, -0.1) is 0 Å². The topological polar surface area (TPSA) is 59.5 Å². The molecule has 5 heteroatoms. The highest BCUT2D eigenvalue weighted by Crippen LogP contribution is 2.30. The Balaban J connectivity index is 1.54. The third-order valence-corrected chi connectivity index (χ3v) is 5.39. The van der Waals surface area contributed by atoms with Gasteiger partial charge in [0.2, 0.25) is 0 Å². The molecule has 0 radical (unpaired) electrons. The van der Waals surface area contributed by atoms with Gasteiger partial charge in [-0.1, -0.05) is 48.5 Å². The molecule has 0 bridgehead atoms. The number of carbonyl (C=O) groups is 2. The van der Waals surface area contributed by atoms with Crippen molar-refractivity contribution in [1.29, 1.82) is 0 Å². The zero-order valence-electron chi connectivity index (χ0n) is 16.7. The minimum Gasteiger partial charge on any atom is -0.449 e. The first-order valence-electron chi connectivity index (χ1n) is 9.95. The van der Waals surface area contributed by atoms with Gasteiger partial charge in [0.1, 0.15) is 0 Å². The van der Waals surface area contributed by atoms with Gasteiger partial charge in [-0.2, -0.15) is 0 Å². The number of para-hydroxylation sites is 1. The van der Waals surface area contributed by atoms with Crippen LogP contribution in [-0.4, -0.2) is 34.9 Å². The molecule has 5 nitrogen and oxygen atoms in total. The average Bonchev–Trinajstić information content (AvgIpc) is 3.19. The van der Waals surface area contributed by atoms with Gasteiger partial charge in [0.15, 0.2) is 6.10 Å². The normalized spacial score (nSPS) is 13.7. The van der Waals surface area contributed by atoms with Crippen molar-refractivity contribution in [3.05, 3.63) is 77.0 Å². The molecule has 0 aliphatic heterocycles. The minimum absolute atomic E-state index is 0.225. The standard InChI is InChI=1S/C24H24N2O3/c1-16(23(27)26(2)15-17-9-4-3-5-10-17)29-24(28)22-18-11-6-7-13-20(18)25-21-14-8-12-19(21)22/h3-7,9-11,13,16H,8,12,14-15H2,1-2H3/t16-/m0/s1. The predicted molar refractivity (Wildman–Crippen MR) is 112 cm³/mol. The number of rotatable bonds is 5. The Kier molecular flexibility index (Phi) is 5.30. The first-order valence-corrected chi connectivity index (χ1v) is 9.95. The molecular formula is C24H24N2O3. The van der Waals surface area contributed by atoms with Gasteiger partial charge in [0.25, 0.3) is 5.91 Å². The van der Waals surface area contributed by atoms with Crippen molar-refractivity contribution >= 4 is 22.8 Å². The first kappa shape index (κ1) is 19.1. The maximum Gasteiger partial charge on any atom is 0.339 e. The van der Waals surface area contributed by atoms with E-state index in [1.54, 1.807) is 18.9 Å². The fraction of sp³-hybridized carbons (Fsp3) is 0.292. The molecule has 1 aromatic heterocycles. The van der Waals surface area contributed by atoms with Crippen molar-refractivity contribution in [2.45, 2.75) is 38.8 Å². The molecule has 148 valence electrons. The molecule has 2 aromatic carbocycles. The molecule has 1 aliphatic carbocycles. The quantitative estimate of drug-likeness (QED) is 0.622. The van der Waals surface area contributed by atoms with Gasteiger partial charge < -0.3 is 9.64 Å². The highest BCUT2D eigenvalue weighted by atomic mass is 16.5. The van der Waals surface area contributed by atoms with Gasteiger partial charge >= 0.3 is 5.97 Å². The van der Waals surface area contributed by atoms with Crippen LogP contribution in [-0.2, 0) is 28.9 Å². The summed E-state index contributed by atoms with van der Waals surface area (Å²) in [7, 11) is 1.72. The summed E-state index contributed by atoms with van der Waals surface area (Å²) in [4.78, 5) is 32.1. The molecular weight excluding hydrogens is 364 g/mol. The molecule has 0 N–H and O–H groups in total. The molecule has 1 amide bonds. The van der Waals surface area contributed by atoms with E-state index in [0.717, 1.165) is 47.0 Å². The third-order valence-electron chi connectivity index (χ3n) is 5.39. The van der Waals surface area contributed by atoms with E-state index in [-0.39, 0.29) is 5.91 Å². The summed E-state index contributed by atoms with van der Waals surface area (Å²) in [6, 6.07) is 17.4. The number of ether oxygens (including phenoxy) is 1. The van der Waals surface area contributed by atoms with Crippen LogP contribution in [0.1, 0.15) is 40.5 Å². The number of hydrogen-bond acceptors (Lipinski definition) is 4. The lowest BCUT2D eigenvalue weighted by molar-refractivity contribution is -0.139. The summed E-state index contributed by atoms with van der Waals surface area (Å²) in [6.45, 7) is 2.10. The number of benzene rings is 2. The van der Waals surface area contributed by atoms with Crippen LogP contribution in [0.2, 0.25) is 0 Å². The maximum absolute atomic E-state index is 13.1. The smallest absolute Gasteiger partial charge is 0.339 e. The van der Waals surface area contributed by atoms with E-state index in [1.165, 1.54) is 0 Å². The van der Waals surface area contributed by atoms with Crippen LogP contribution in [0.15, 0.2) is 54.6 Å². The summed E-state index contributed by atoms with van der Waals surface area (Å²) in [6.07, 6.45) is 1.80. The van der Waals surface area contributed by atoms with E-state index in [1.807, 2.05) is 54.6 Å². The van der Waals surface area contributed by atoms with Gasteiger partial charge in [0.05, 0.1) is 11.1 Å². The maximum atomic E-state index is 13.1. The summed E-state index contributed by atoms with van der Waals surface area (Å²) < 4.78 is 5.63. The number of aryl methyl sites for hydroxylation is 1. The average molecular weight is 388 g/mol. The van der Waals surface area contributed by atoms with Crippen LogP contribution in [0.5, 0.6) is 0 Å². The molecule has 0 fully saturated rings. The Bertz CT molecular complexity index is 1060. The van der Waals surface area contributed by atoms with E-state index < -0.39 is 12.1 Å². The lowest BCUT2D eigenvalue weighted by Gasteiger charge is -2.22. The largest absolute Gasteiger partial charge is 0.449 e. The molecule has 0 saturated carbocycles. The number of hydrogen-bond donors (Lipinski definition) is 0. The number of aromatic nitrogens is 1. The van der Waals surface area contributed by atoms with Gasteiger partial charge in [0, 0.05) is 24.7 Å². The Labute approximate surface area is 170 Å². The van der Waals surface area contributed by atoms with Crippen LogP contribution >= 0.6 is 0 Å². The second-order valence-electron chi connectivity index (χ2n) is 7.51. The summed E-state index contributed by atoms with van der Waals surface area (Å²) in [5, 5.41) is 0.787. The first-order chi connectivity index (χ1) is 14.0. The molecule has 0 unspecified atom stereocenters. The Morgan fingerprint density at radius 2 is 1.79 bits per heavy atom. The molecule has 1 atom stereocenters. The van der Waals surface area contributed by atoms with E-state index in [2.05, 4.69) is 0 Å². The zero-order chi connectivity index (χ0) is 20.4. The third kappa shape index (κ3) is 3.86. The minimum atomic E-state index is -0.861. The van der Waals surface area contributed by atoms with E-state index in [4.69, 9.17) is 9.72 Å². The highest BCUT2D eigenvalue weighted by Gasteiger charge is 2.28. The zero-order valence-corrected chi connectivity index (χ0v) is 16.7. The van der Waals surface area contributed by atoms with Crippen LogP contribution in [0.3, 0.4) is 0 Å². The van der Waals surface area contributed by atoms with Crippen molar-refractivity contribution in [2.24, 2.45) is 0 Å². The molecule has 29 heavy (non-hydrogen) atoms. The van der Waals surface area contributed by atoms with Crippen molar-refractivity contribution in [3.8, 4) is 0 Å². The number of carbonyl (C=O) groups excluding carboxylic acids is 2. The lowest BCUT2D eigenvalue weighted by atomic mass is 10.0. The van der Waals surface area contributed by atoms with Crippen molar-refractivity contribution < 1.29 is 14.3 Å². The van der Waals surface area contributed by atoms with Crippen LogP contribution in [0, 0.1) is 0 Å². The Hall–Kier alpha value is -3.21. The van der Waals surface area contributed by atoms with Crippen molar-refractivity contribution in [3.63, 3.8) is 0 Å². The molecule has 1 heterocycles. The number of pyridine rings is 1. The molecule has 1 aliphatic rings. The predicted octanol–water partition coefficient (Wildman–Crippen LogP) is 3.93. The summed E-state index contributed by atoms with van der Waals surface area (Å²) in [5.41, 5.74) is 4.32. The summed E-state index contributed by atoms with van der Waals surface area (Å²) >= 11 is 0. The number of fused-ring (bicyclic) bond motifs is 2. The Morgan fingerprint density at radius 1 is 1.07 bits per heavy atom. The molecule has 0 spiro atoms. The number of likely N-dealkylation sites (N-methyl/N-ethyl adjacent to an activating group) is 1. The Morgan fingerprint density at radius 3 is 2.59 bits per heavy atom. The SMILES string of the molecule is C[C@H](OC(=O)c1c2c(nc3ccccc13)CCC2)C(=O)N(C)Cc1ccccc1. The van der Waals surface area contributed by atoms with Crippen molar-refractivity contribution in [1.82, 2.24) is 9.88 Å². The molecule has 0 saturated heterocycles. The van der Waals surface area contributed by atoms with Gasteiger partial charge in [-0.05, 0) is 43.4 Å². The molecule has 4 rings (SSSR count). The van der Waals surface area contributed by atoms with Gasteiger partial charge in [-0.25, -0.2) is 4.79 Å². The van der Waals surface area contributed by atoms with E-state index >= 15 is 0 Å². The van der Waals surface area contributed by atoms with Gasteiger partial charge in [-0.3, -0.25) is 9.78 Å². The van der Waals surface area contributed by atoms with Crippen LogP contribution < -0.4 is 0 Å². The fourth-order valence-corrected chi connectivity index (χ4v) is 3.96. The summed E-state index contributed by atoms with van der Waals surface area (Å²) in [5.74, 6) is -0.673. The van der Waals surface area contributed by atoms with Crippen molar-refractivity contribution in [2.75, 3.05) is 7.05 Å². The molecule has 3 aromatic rings. The highest BCUT2D eigenvalue weighted by molar-refractivity contribution is 6.05. The number of esters is 1. The number of amides is 1. The second-order valence-corrected chi connectivity index (χ2v) is 7.51. The van der Waals surface area contributed by atoms with E-state index in [0.29, 0.717) is 12.1 Å². The van der Waals surface area contributed by atoms with Crippen LogP contribution in [0.25, 0.3) is 10.9 Å². The van der Waals surface area contributed by atoms with E-state index in [9.17, 15) is 9.59 Å². The lowest BCUT2D eigenvalue weighted by Crippen LogP contribution is -2.37. The monoisotopic (exact) mass is 388 g/mol. The second kappa shape index (κ2) is 8.03. The van der Waals surface area contributed by atoms with Crippen LogP contribution in [0.4, 0.5) is 0 Å².